The van der Waals surface area contributed by atoms with Crippen LogP contribution in [0, 0.1) is 5.82 Å². The molecular formula is C23H20F4N4O2. The molecule has 172 valence electrons. The van der Waals surface area contributed by atoms with Crippen molar-refractivity contribution in [3.63, 3.8) is 0 Å². The van der Waals surface area contributed by atoms with E-state index in [4.69, 9.17) is 0 Å². The van der Waals surface area contributed by atoms with Gasteiger partial charge in [0.2, 0.25) is 5.91 Å². The van der Waals surface area contributed by atoms with Gasteiger partial charge in [-0.2, -0.15) is 13.2 Å². The van der Waals surface area contributed by atoms with Crippen LogP contribution in [0.4, 0.5) is 23.2 Å². The molecule has 4 rings (SSSR count). The van der Waals surface area contributed by atoms with E-state index in [0.717, 1.165) is 16.7 Å². The minimum absolute atomic E-state index is 0.210. The molecule has 0 N–H and O–H groups in total. The molecule has 1 fully saturated rings. The Morgan fingerprint density at radius 1 is 0.970 bits per heavy atom. The van der Waals surface area contributed by atoms with Gasteiger partial charge >= 0.3 is 6.18 Å². The Morgan fingerprint density at radius 3 is 2.24 bits per heavy atom. The molecule has 3 aromatic rings. The van der Waals surface area contributed by atoms with E-state index in [0.29, 0.717) is 37.4 Å². The number of amides is 1. The Kier molecular flexibility index (Phi) is 6.17. The lowest BCUT2D eigenvalue weighted by atomic mass is 10.1. The zero-order valence-electron chi connectivity index (χ0n) is 17.4. The fourth-order valence-electron chi connectivity index (χ4n) is 3.68. The summed E-state index contributed by atoms with van der Waals surface area (Å²) in [5.74, 6) is -0.586. The normalized spacial score (nSPS) is 14.4. The predicted molar refractivity (Wildman–Crippen MR) is 114 cm³/mol. The number of carbonyl (C=O) groups is 1. The molecule has 0 aliphatic carbocycles. The molecule has 0 atom stereocenters. The quantitative estimate of drug-likeness (QED) is 0.560. The molecule has 0 saturated carbocycles. The first kappa shape index (κ1) is 22.5. The van der Waals surface area contributed by atoms with Crippen LogP contribution in [0.25, 0.3) is 11.3 Å². The Morgan fingerprint density at radius 2 is 1.64 bits per heavy atom. The summed E-state index contributed by atoms with van der Waals surface area (Å²) < 4.78 is 53.3. The fraction of sp³-hybridized carbons (Fsp3) is 0.261. The van der Waals surface area contributed by atoms with Crippen molar-refractivity contribution in [1.29, 1.82) is 0 Å². The monoisotopic (exact) mass is 460 g/mol. The van der Waals surface area contributed by atoms with Gasteiger partial charge in [-0.05, 0) is 24.3 Å². The SMILES string of the molecule is O=C(Cn1cnc(-c2ccc(C(F)(F)F)cc2)cc1=O)N1CCN(c2ccccc2F)CC1. The third-order valence-electron chi connectivity index (χ3n) is 5.52. The number of halogens is 4. The summed E-state index contributed by atoms with van der Waals surface area (Å²) >= 11 is 0. The maximum Gasteiger partial charge on any atom is 0.416 e. The van der Waals surface area contributed by atoms with E-state index in [9.17, 15) is 27.2 Å². The van der Waals surface area contributed by atoms with Crippen LogP contribution in [0.1, 0.15) is 5.56 Å². The number of alkyl halides is 3. The van der Waals surface area contributed by atoms with Gasteiger partial charge in [0, 0.05) is 37.8 Å². The number of anilines is 1. The second-order valence-electron chi connectivity index (χ2n) is 7.63. The molecule has 2 heterocycles. The maximum atomic E-state index is 14.0. The summed E-state index contributed by atoms with van der Waals surface area (Å²) in [5.41, 5.74) is -0.207. The average Bonchev–Trinajstić information content (AvgIpc) is 2.80. The summed E-state index contributed by atoms with van der Waals surface area (Å²) in [5, 5.41) is 0. The van der Waals surface area contributed by atoms with Gasteiger partial charge in [0.1, 0.15) is 12.4 Å². The molecule has 33 heavy (non-hydrogen) atoms. The van der Waals surface area contributed by atoms with Crippen LogP contribution in [-0.4, -0.2) is 46.5 Å². The summed E-state index contributed by atoms with van der Waals surface area (Å²) in [6, 6.07) is 12.0. The van der Waals surface area contributed by atoms with Crippen LogP contribution in [0.5, 0.6) is 0 Å². The van der Waals surface area contributed by atoms with E-state index in [-0.39, 0.29) is 24.0 Å². The van der Waals surface area contributed by atoms with Crippen LogP contribution in [0.3, 0.4) is 0 Å². The van der Waals surface area contributed by atoms with Crippen LogP contribution in [0.2, 0.25) is 0 Å². The van der Waals surface area contributed by atoms with Crippen molar-refractivity contribution in [2.75, 3.05) is 31.1 Å². The average molecular weight is 460 g/mol. The molecule has 1 aliphatic rings. The number of piperazine rings is 1. The van der Waals surface area contributed by atoms with Crippen molar-refractivity contribution in [1.82, 2.24) is 14.5 Å². The molecule has 0 radical (unpaired) electrons. The van der Waals surface area contributed by atoms with E-state index in [1.807, 2.05) is 4.90 Å². The van der Waals surface area contributed by atoms with Crippen LogP contribution >= 0.6 is 0 Å². The number of benzene rings is 2. The number of hydrogen-bond donors (Lipinski definition) is 0. The zero-order chi connectivity index (χ0) is 23.6. The Balaban J connectivity index is 1.39. The molecule has 0 spiro atoms. The van der Waals surface area contributed by atoms with Crippen LogP contribution in [-0.2, 0) is 17.5 Å². The van der Waals surface area contributed by atoms with Crippen molar-refractivity contribution in [2.45, 2.75) is 12.7 Å². The van der Waals surface area contributed by atoms with Gasteiger partial charge < -0.3 is 9.80 Å². The smallest absolute Gasteiger partial charge is 0.366 e. The summed E-state index contributed by atoms with van der Waals surface area (Å²) in [4.78, 5) is 32.7. The van der Waals surface area contributed by atoms with E-state index in [1.54, 1.807) is 23.1 Å². The minimum atomic E-state index is -4.45. The van der Waals surface area contributed by atoms with Gasteiger partial charge in [0.15, 0.2) is 0 Å². The fourth-order valence-corrected chi connectivity index (χ4v) is 3.68. The van der Waals surface area contributed by atoms with Gasteiger partial charge in [-0.3, -0.25) is 14.2 Å². The highest BCUT2D eigenvalue weighted by Gasteiger charge is 2.30. The summed E-state index contributed by atoms with van der Waals surface area (Å²) in [7, 11) is 0. The van der Waals surface area contributed by atoms with Gasteiger partial charge in [-0.25, -0.2) is 9.37 Å². The lowest BCUT2D eigenvalue weighted by Gasteiger charge is -2.36. The van der Waals surface area contributed by atoms with Crippen molar-refractivity contribution in [3.05, 3.63) is 82.7 Å². The first-order valence-corrected chi connectivity index (χ1v) is 10.2. The predicted octanol–water partition coefficient (Wildman–Crippen LogP) is 3.42. The van der Waals surface area contributed by atoms with Gasteiger partial charge in [0.25, 0.3) is 5.56 Å². The zero-order valence-corrected chi connectivity index (χ0v) is 17.4. The van der Waals surface area contributed by atoms with E-state index in [2.05, 4.69) is 4.98 Å². The third kappa shape index (κ3) is 5.05. The Bertz CT molecular complexity index is 1200. The van der Waals surface area contributed by atoms with Crippen molar-refractivity contribution in [2.24, 2.45) is 0 Å². The Labute approximate surface area is 186 Å². The number of aromatic nitrogens is 2. The number of nitrogens with zero attached hydrogens (tertiary/aromatic N) is 4. The first-order valence-electron chi connectivity index (χ1n) is 10.2. The number of carbonyl (C=O) groups excluding carboxylic acids is 1. The third-order valence-corrected chi connectivity index (χ3v) is 5.52. The highest BCUT2D eigenvalue weighted by atomic mass is 19.4. The molecule has 0 bridgehead atoms. The number of rotatable bonds is 4. The minimum Gasteiger partial charge on any atom is -0.366 e. The van der Waals surface area contributed by atoms with Gasteiger partial charge in [-0.15, -0.1) is 0 Å². The molecule has 2 aromatic carbocycles. The lowest BCUT2D eigenvalue weighted by Crippen LogP contribution is -2.50. The molecule has 1 aromatic heterocycles. The van der Waals surface area contributed by atoms with Crippen LogP contribution < -0.4 is 10.5 Å². The van der Waals surface area contributed by atoms with E-state index >= 15 is 0 Å². The standard InChI is InChI=1S/C23H20F4N4O2/c24-18-3-1-2-4-20(18)29-9-11-30(12-10-29)22(33)14-31-15-28-19(13-21(31)32)16-5-7-17(8-6-16)23(25,26)27/h1-8,13,15H,9-12,14H2. The molecule has 1 amide bonds. The molecule has 1 saturated heterocycles. The van der Waals surface area contributed by atoms with E-state index < -0.39 is 17.3 Å². The summed E-state index contributed by atoms with van der Waals surface area (Å²) in [6.45, 7) is 1.50. The second kappa shape index (κ2) is 9.05. The lowest BCUT2D eigenvalue weighted by molar-refractivity contribution is -0.137. The summed E-state index contributed by atoms with van der Waals surface area (Å²) in [6.07, 6.45) is -3.24. The van der Waals surface area contributed by atoms with E-state index in [1.165, 1.54) is 30.6 Å². The topological polar surface area (TPSA) is 58.4 Å². The van der Waals surface area contributed by atoms with Crippen molar-refractivity contribution in [3.8, 4) is 11.3 Å². The van der Waals surface area contributed by atoms with Crippen LogP contribution in [0.15, 0.2) is 65.7 Å². The highest BCUT2D eigenvalue weighted by molar-refractivity contribution is 5.76. The highest BCUT2D eigenvalue weighted by Crippen LogP contribution is 2.30. The second-order valence-corrected chi connectivity index (χ2v) is 7.63. The maximum absolute atomic E-state index is 14.0. The van der Waals surface area contributed by atoms with Gasteiger partial charge in [0.05, 0.1) is 23.3 Å². The number of hydrogen-bond acceptors (Lipinski definition) is 4. The molecular weight excluding hydrogens is 440 g/mol. The van der Waals surface area contributed by atoms with Crippen molar-refractivity contribution < 1.29 is 22.4 Å². The molecule has 10 heteroatoms. The number of para-hydroxylation sites is 1. The Hall–Kier alpha value is -3.69. The molecule has 6 nitrogen and oxygen atoms in total. The molecule has 0 unspecified atom stereocenters. The largest absolute Gasteiger partial charge is 0.416 e. The molecule has 1 aliphatic heterocycles. The van der Waals surface area contributed by atoms with Crippen molar-refractivity contribution >= 4 is 11.6 Å². The van der Waals surface area contributed by atoms with Gasteiger partial charge in [-0.1, -0.05) is 24.3 Å². The first-order chi connectivity index (χ1) is 15.7.